The minimum absolute atomic E-state index is 0.0667. The Bertz CT molecular complexity index is 1630. The summed E-state index contributed by atoms with van der Waals surface area (Å²) < 4.78 is 28.2. The van der Waals surface area contributed by atoms with Gasteiger partial charge in [0.05, 0.1) is 18.2 Å². The van der Waals surface area contributed by atoms with Crippen LogP contribution in [0.15, 0.2) is 91.3 Å². The topological polar surface area (TPSA) is 101 Å². The SMILES string of the molecule is C=C(C=C(C=CC)c1cccnc1C(Cc1cc(F)cc(F)c1)NC(=O)Cc1c[nH]c2cccc(C)c12)C(N)=O. The number of aromatic amines is 1. The summed E-state index contributed by atoms with van der Waals surface area (Å²) in [4.78, 5) is 32.9. The summed E-state index contributed by atoms with van der Waals surface area (Å²) in [5.74, 6) is -2.41. The van der Waals surface area contributed by atoms with E-state index in [-0.39, 0.29) is 24.3 Å². The Kier molecular flexibility index (Phi) is 8.69. The molecule has 0 fully saturated rings. The molecule has 6 nitrogen and oxygen atoms in total. The third-order valence-electron chi connectivity index (χ3n) is 6.52. The fraction of sp³-hybridized carbons (Fsp3) is 0.156. The van der Waals surface area contributed by atoms with Crippen molar-refractivity contribution in [1.82, 2.24) is 15.3 Å². The van der Waals surface area contributed by atoms with E-state index in [1.54, 1.807) is 30.5 Å². The van der Waals surface area contributed by atoms with Crippen LogP contribution in [0.25, 0.3) is 16.5 Å². The molecule has 0 bridgehead atoms. The Balaban J connectivity index is 1.75. The number of aromatic nitrogens is 2. The normalized spacial score (nSPS) is 12.6. The number of hydrogen-bond donors (Lipinski definition) is 3. The number of hydrogen-bond acceptors (Lipinski definition) is 3. The number of nitrogens with one attached hydrogen (secondary N) is 2. The van der Waals surface area contributed by atoms with E-state index >= 15 is 0 Å². The molecule has 2 heterocycles. The highest BCUT2D eigenvalue weighted by atomic mass is 19.1. The van der Waals surface area contributed by atoms with Crippen molar-refractivity contribution in [3.8, 4) is 0 Å². The first-order chi connectivity index (χ1) is 19.2. The third-order valence-corrected chi connectivity index (χ3v) is 6.52. The maximum absolute atomic E-state index is 14.1. The molecule has 0 aliphatic carbocycles. The zero-order valence-electron chi connectivity index (χ0n) is 22.3. The lowest BCUT2D eigenvalue weighted by Gasteiger charge is -2.22. The van der Waals surface area contributed by atoms with Gasteiger partial charge in [0.15, 0.2) is 0 Å². The van der Waals surface area contributed by atoms with Crippen LogP contribution in [-0.2, 0) is 22.4 Å². The average Bonchev–Trinajstić information content (AvgIpc) is 3.31. The number of nitrogens with zero attached hydrogens (tertiary/aromatic N) is 1. The minimum atomic E-state index is -0.758. The van der Waals surface area contributed by atoms with Gasteiger partial charge in [-0.25, -0.2) is 8.78 Å². The van der Waals surface area contributed by atoms with Crippen LogP contribution < -0.4 is 11.1 Å². The number of fused-ring (bicyclic) bond motifs is 1. The quantitative estimate of drug-likeness (QED) is 0.175. The molecule has 0 spiro atoms. The molecule has 4 aromatic rings. The lowest BCUT2D eigenvalue weighted by molar-refractivity contribution is -0.121. The van der Waals surface area contributed by atoms with Gasteiger partial charge in [0.2, 0.25) is 11.8 Å². The Labute approximate surface area is 231 Å². The van der Waals surface area contributed by atoms with E-state index in [0.717, 1.165) is 28.1 Å². The summed E-state index contributed by atoms with van der Waals surface area (Å²) in [6.07, 6.45) is 8.62. The van der Waals surface area contributed by atoms with Crippen molar-refractivity contribution in [3.05, 3.63) is 131 Å². The van der Waals surface area contributed by atoms with Gasteiger partial charge in [-0.15, -0.1) is 0 Å². The van der Waals surface area contributed by atoms with E-state index in [4.69, 9.17) is 5.73 Å². The van der Waals surface area contributed by atoms with Gasteiger partial charge < -0.3 is 16.0 Å². The number of nitrogens with two attached hydrogens (primary N) is 1. The Morgan fingerprint density at radius 1 is 1.15 bits per heavy atom. The van der Waals surface area contributed by atoms with Crippen molar-refractivity contribution in [2.45, 2.75) is 32.7 Å². The number of halogens is 2. The summed E-state index contributed by atoms with van der Waals surface area (Å²) in [6.45, 7) is 7.52. The van der Waals surface area contributed by atoms with Crippen LogP contribution in [0.4, 0.5) is 8.78 Å². The molecule has 4 N–H and O–H groups in total. The van der Waals surface area contributed by atoms with E-state index in [9.17, 15) is 18.4 Å². The van der Waals surface area contributed by atoms with E-state index in [2.05, 4.69) is 21.9 Å². The van der Waals surface area contributed by atoms with Crippen LogP contribution in [0.5, 0.6) is 0 Å². The van der Waals surface area contributed by atoms with Crippen molar-refractivity contribution in [1.29, 1.82) is 0 Å². The smallest absolute Gasteiger partial charge is 0.248 e. The summed E-state index contributed by atoms with van der Waals surface area (Å²) in [5.41, 5.74) is 10.3. The number of primary amides is 1. The molecule has 2 aromatic carbocycles. The number of pyridine rings is 1. The molecule has 2 aromatic heterocycles. The third kappa shape index (κ3) is 6.58. The first kappa shape index (κ1) is 28.2. The maximum Gasteiger partial charge on any atom is 0.248 e. The van der Waals surface area contributed by atoms with Gasteiger partial charge in [0.1, 0.15) is 11.6 Å². The minimum Gasteiger partial charge on any atom is -0.366 e. The second-order valence-electron chi connectivity index (χ2n) is 9.52. The number of benzene rings is 2. The predicted molar refractivity (Wildman–Crippen MR) is 153 cm³/mol. The van der Waals surface area contributed by atoms with Crippen molar-refractivity contribution < 1.29 is 18.4 Å². The van der Waals surface area contributed by atoms with Gasteiger partial charge in [-0.3, -0.25) is 14.6 Å². The predicted octanol–water partition coefficient (Wildman–Crippen LogP) is 5.79. The van der Waals surface area contributed by atoms with Gasteiger partial charge in [0, 0.05) is 40.5 Å². The first-order valence-corrected chi connectivity index (χ1v) is 12.7. The highest BCUT2D eigenvalue weighted by Crippen LogP contribution is 2.29. The van der Waals surface area contributed by atoms with Crippen LogP contribution in [0.1, 0.15) is 40.9 Å². The number of rotatable bonds is 10. The highest BCUT2D eigenvalue weighted by Gasteiger charge is 2.23. The highest BCUT2D eigenvalue weighted by molar-refractivity contribution is 5.97. The summed E-state index contributed by atoms with van der Waals surface area (Å²) in [7, 11) is 0. The number of aryl methyl sites for hydroxylation is 1. The number of carbonyl (C=O) groups excluding carboxylic acids is 2. The lowest BCUT2D eigenvalue weighted by atomic mass is 9.93. The monoisotopic (exact) mass is 540 g/mol. The zero-order valence-corrected chi connectivity index (χ0v) is 22.3. The number of carbonyl (C=O) groups is 2. The summed E-state index contributed by atoms with van der Waals surface area (Å²) >= 11 is 0. The maximum atomic E-state index is 14.1. The zero-order chi connectivity index (χ0) is 28.8. The van der Waals surface area contributed by atoms with Gasteiger partial charge in [-0.1, -0.05) is 36.9 Å². The van der Waals surface area contributed by atoms with Gasteiger partial charge in [-0.05, 0) is 72.9 Å². The molecule has 4 rings (SSSR count). The van der Waals surface area contributed by atoms with Gasteiger partial charge >= 0.3 is 0 Å². The number of H-pyrrole nitrogens is 1. The van der Waals surface area contributed by atoms with Crippen LogP contribution in [0, 0.1) is 18.6 Å². The van der Waals surface area contributed by atoms with Crippen molar-refractivity contribution >= 4 is 28.3 Å². The summed E-state index contributed by atoms with van der Waals surface area (Å²) in [5, 5.41) is 4.01. The van der Waals surface area contributed by atoms with Crippen LogP contribution >= 0.6 is 0 Å². The number of allylic oxidation sites excluding steroid dienone is 3. The summed E-state index contributed by atoms with van der Waals surface area (Å²) in [6, 6.07) is 11.9. The van der Waals surface area contributed by atoms with Crippen molar-refractivity contribution in [2.24, 2.45) is 5.73 Å². The van der Waals surface area contributed by atoms with Crippen molar-refractivity contribution in [3.63, 3.8) is 0 Å². The van der Waals surface area contributed by atoms with E-state index < -0.39 is 23.6 Å². The van der Waals surface area contributed by atoms with Crippen LogP contribution in [0.3, 0.4) is 0 Å². The fourth-order valence-electron chi connectivity index (χ4n) is 4.78. The largest absolute Gasteiger partial charge is 0.366 e. The molecular formula is C32H30F2N4O2. The molecule has 0 saturated carbocycles. The molecule has 0 aliphatic rings. The molecular weight excluding hydrogens is 510 g/mol. The lowest BCUT2D eigenvalue weighted by Crippen LogP contribution is -2.32. The Morgan fingerprint density at radius 2 is 1.90 bits per heavy atom. The standard InChI is InChI=1S/C32H30F2N4O2/c1-4-7-22(12-20(3)32(35)40)26-9-6-11-36-31(26)28(15-21-13-24(33)17-25(34)14-21)38-29(39)16-23-18-37-27-10-5-8-19(2)30(23)27/h4-14,17-18,28,37H,3,15-16H2,1-2H3,(H2,35,40)(H,38,39). The second-order valence-corrected chi connectivity index (χ2v) is 9.52. The van der Waals surface area contributed by atoms with E-state index in [1.807, 2.05) is 38.2 Å². The average molecular weight is 541 g/mol. The van der Waals surface area contributed by atoms with Gasteiger partial charge in [0.25, 0.3) is 0 Å². The van der Waals surface area contributed by atoms with Gasteiger partial charge in [-0.2, -0.15) is 0 Å². The molecule has 40 heavy (non-hydrogen) atoms. The van der Waals surface area contributed by atoms with E-state index in [1.165, 1.54) is 18.2 Å². The van der Waals surface area contributed by atoms with Crippen LogP contribution in [0.2, 0.25) is 0 Å². The van der Waals surface area contributed by atoms with E-state index in [0.29, 0.717) is 22.4 Å². The van der Waals surface area contributed by atoms with Crippen molar-refractivity contribution in [2.75, 3.05) is 0 Å². The first-order valence-electron chi connectivity index (χ1n) is 12.7. The van der Waals surface area contributed by atoms with Crippen LogP contribution in [-0.4, -0.2) is 21.8 Å². The molecule has 1 unspecified atom stereocenters. The second kappa shape index (κ2) is 12.3. The molecule has 2 amide bonds. The molecule has 0 saturated heterocycles. The molecule has 1 atom stereocenters. The Morgan fingerprint density at radius 3 is 2.60 bits per heavy atom. The molecule has 8 heteroatoms. The molecule has 0 aliphatic heterocycles. The number of amides is 2. The Hall–Kier alpha value is -4.85. The fourth-order valence-corrected chi connectivity index (χ4v) is 4.78. The molecule has 204 valence electrons. The molecule has 0 radical (unpaired) electrons.